The molecule has 0 saturated carbocycles. The molecule has 0 aliphatic heterocycles. The van der Waals surface area contributed by atoms with Crippen molar-refractivity contribution in [1.29, 1.82) is 0 Å². The van der Waals surface area contributed by atoms with E-state index in [9.17, 15) is 22.4 Å². The quantitative estimate of drug-likeness (QED) is 0.475. The summed E-state index contributed by atoms with van der Waals surface area (Å²) in [6.07, 6.45) is -0.350. The van der Waals surface area contributed by atoms with Crippen LogP contribution >= 0.6 is 0 Å². The van der Waals surface area contributed by atoms with Crippen LogP contribution in [0, 0.1) is 23.3 Å². The number of carbonyl (C=O) groups excluding carboxylic acids is 1. The highest BCUT2D eigenvalue weighted by Crippen LogP contribution is 2.20. The van der Waals surface area contributed by atoms with E-state index in [1.165, 1.54) is 0 Å². The fraction of sp³-hybridized carbons (Fsp3) is 0.222. The van der Waals surface area contributed by atoms with Gasteiger partial charge in [0.2, 0.25) is 0 Å². The number of carbonyl (C=O) groups is 1. The first-order chi connectivity index (χ1) is 6.97. The SMILES string of the molecule is NC(C=O)Cc1c(F)c(F)cc(F)c1F. The average molecular weight is 221 g/mol. The van der Waals surface area contributed by atoms with E-state index in [4.69, 9.17) is 5.73 Å². The molecule has 1 aromatic rings. The summed E-state index contributed by atoms with van der Waals surface area (Å²) in [6.45, 7) is 0. The molecule has 1 aromatic carbocycles. The van der Waals surface area contributed by atoms with Gasteiger partial charge in [-0.05, 0) is 0 Å². The normalized spacial score (nSPS) is 12.6. The van der Waals surface area contributed by atoms with Crippen LogP contribution in [0.5, 0.6) is 0 Å². The molecule has 0 heterocycles. The second-order valence-electron chi connectivity index (χ2n) is 2.95. The first-order valence-electron chi connectivity index (χ1n) is 4.00. The smallest absolute Gasteiger partial charge is 0.165 e. The van der Waals surface area contributed by atoms with Gasteiger partial charge in [0.25, 0.3) is 0 Å². The van der Waals surface area contributed by atoms with E-state index in [2.05, 4.69) is 0 Å². The molecule has 1 atom stereocenters. The summed E-state index contributed by atoms with van der Waals surface area (Å²) in [5.74, 6) is -6.07. The fourth-order valence-electron chi connectivity index (χ4n) is 1.09. The first-order valence-corrected chi connectivity index (χ1v) is 4.00. The number of hydrogen-bond acceptors (Lipinski definition) is 2. The van der Waals surface area contributed by atoms with E-state index in [0.29, 0.717) is 0 Å². The summed E-state index contributed by atoms with van der Waals surface area (Å²) < 4.78 is 51.3. The Labute approximate surface area is 82.7 Å². The number of aldehydes is 1. The van der Waals surface area contributed by atoms with Gasteiger partial charge in [-0.25, -0.2) is 17.6 Å². The molecule has 0 aliphatic rings. The average Bonchev–Trinajstić information content (AvgIpc) is 2.21. The second-order valence-corrected chi connectivity index (χ2v) is 2.95. The number of halogens is 4. The summed E-state index contributed by atoms with van der Waals surface area (Å²) in [7, 11) is 0. The Morgan fingerprint density at radius 1 is 1.20 bits per heavy atom. The van der Waals surface area contributed by atoms with Gasteiger partial charge >= 0.3 is 0 Å². The molecule has 2 nitrogen and oxygen atoms in total. The van der Waals surface area contributed by atoms with Crippen molar-refractivity contribution in [1.82, 2.24) is 0 Å². The van der Waals surface area contributed by atoms with Crippen molar-refractivity contribution in [2.45, 2.75) is 12.5 Å². The monoisotopic (exact) mass is 221 g/mol. The van der Waals surface area contributed by atoms with Crippen molar-refractivity contribution in [3.63, 3.8) is 0 Å². The molecule has 0 spiro atoms. The van der Waals surface area contributed by atoms with Gasteiger partial charge in [-0.1, -0.05) is 0 Å². The van der Waals surface area contributed by atoms with Crippen molar-refractivity contribution in [2.24, 2.45) is 5.73 Å². The van der Waals surface area contributed by atoms with Gasteiger partial charge in [-0.15, -0.1) is 0 Å². The van der Waals surface area contributed by atoms with Crippen LogP contribution in [0.1, 0.15) is 5.56 Å². The van der Waals surface area contributed by atoms with Gasteiger partial charge < -0.3 is 10.5 Å². The zero-order valence-corrected chi connectivity index (χ0v) is 7.44. The van der Waals surface area contributed by atoms with Crippen molar-refractivity contribution < 1.29 is 22.4 Å². The second kappa shape index (κ2) is 4.39. The van der Waals surface area contributed by atoms with Crippen molar-refractivity contribution in [2.75, 3.05) is 0 Å². The Hall–Kier alpha value is -1.43. The van der Waals surface area contributed by atoms with Gasteiger partial charge in [0, 0.05) is 18.1 Å². The zero-order valence-electron chi connectivity index (χ0n) is 7.44. The zero-order chi connectivity index (χ0) is 11.6. The van der Waals surface area contributed by atoms with Crippen LogP contribution in [0.3, 0.4) is 0 Å². The minimum Gasteiger partial charge on any atom is -0.321 e. The molecule has 0 saturated heterocycles. The van der Waals surface area contributed by atoms with Gasteiger partial charge in [0.1, 0.15) is 6.29 Å². The molecule has 1 unspecified atom stereocenters. The molecule has 0 radical (unpaired) electrons. The minimum atomic E-state index is -1.52. The molecular weight excluding hydrogens is 214 g/mol. The summed E-state index contributed by atoms with van der Waals surface area (Å²) in [4.78, 5) is 10.1. The van der Waals surface area contributed by atoms with Crippen LogP contribution in [0.4, 0.5) is 17.6 Å². The summed E-state index contributed by atoms with van der Waals surface area (Å²) in [5, 5.41) is 0. The largest absolute Gasteiger partial charge is 0.321 e. The van der Waals surface area contributed by atoms with E-state index in [1.807, 2.05) is 0 Å². The summed E-state index contributed by atoms with van der Waals surface area (Å²) in [6, 6.07) is -1.10. The minimum absolute atomic E-state index is 0.0978. The standard InChI is InChI=1S/C9H7F4NO/c10-6-2-7(11)9(13)5(8(6)12)1-4(14)3-15/h2-4H,1,14H2. The van der Waals surface area contributed by atoms with Crippen LogP contribution < -0.4 is 5.73 Å². The summed E-state index contributed by atoms with van der Waals surface area (Å²) >= 11 is 0. The molecule has 0 fully saturated rings. The summed E-state index contributed by atoms with van der Waals surface area (Å²) in [5.41, 5.74) is 4.24. The van der Waals surface area contributed by atoms with Crippen LogP contribution in [0.15, 0.2) is 6.07 Å². The Balaban J connectivity index is 3.20. The lowest BCUT2D eigenvalue weighted by Gasteiger charge is -2.08. The first kappa shape index (κ1) is 11.6. The Morgan fingerprint density at radius 3 is 2.07 bits per heavy atom. The molecule has 0 aliphatic carbocycles. The van der Waals surface area contributed by atoms with Crippen LogP contribution in [-0.4, -0.2) is 12.3 Å². The maximum Gasteiger partial charge on any atom is 0.165 e. The maximum absolute atomic E-state index is 13.0. The Morgan fingerprint density at radius 2 is 1.67 bits per heavy atom. The van der Waals surface area contributed by atoms with Gasteiger partial charge in [-0.3, -0.25) is 0 Å². The van der Waals surface area contributed by atoms with E-state index in [0.717, 1.165) is 0 Å². The third-order valence-corrected chi connectivity index (χ3v) is 1.82. The van der Waals surface area contributed by atoms with Crippen molar-refractivity contribution >= 4 is 6.29 Å². The molecule has 2 N–H and O–H groups in total. The highest BCUT2D eigenvalue weighted by atomic mass is 19.2. The lowest BCUT2D eigenvalue weighted by atomic mass is 10.1. The topological polar surface area (TPSA) is 43.1 Å². The third-order valence-electron chi connectivity index (χ3n) is 1.82. The third kappa shape index (κ3) is 2.33. The lowest BCUT2D eigenvalue weighted by Crippen LogP contribution is -2.25. The molecule has 82 valence electrons. The number of hydrogen-bond donors (Lipinski definition) is 1. The van der Waals surface area contributed by atoms with Crippen LogP contribution in [0.2, 0.25) is 0 Å². The molecule has 0 bridgehead atoms. The Bertz CT molecular complexity index is 368. The van der Waals surface area contributed by atoms with E-state index < -0.39 is 41.3 Å². The van der Waals surface area contributed by atoms with Crippen molar-refractivity contribution in [3.05, 3.63) is 34.9 Å². The number of benzene rings is 1. The van der Waals surface area contributed by atoms with E-state index >= 15 is 0 Å². The molecule has 6 heteroatoms. The molecule has 1 rings (SSSR count). The lowest BCUT2D eigenvalue weighted by molar-refractivity contribution is -0.108. The highest BCUT2D eigenvalue weighted by Gasteiger charge is 2.20. The molecule has 0 aromatic heterocycles. The van der Waals surface area contributed by atoms with E-state index in [-0.39, 0.29) is 12.4 Å². The number of rotatable bonds is 3. The number of nitrogens with two attached hydrogens (primary N) is 1. The predicted octanol–water partition coefficient (Wildman–Crippen LogP) is 1.31. The van der Waals surface area contributed by atoms with Gasteiger partial charge in [0.15, 0.2) is 23.3 Å². The van der Waals surface area contributed by atoms with Crippen molar-refractivity contribution in [3.8, 4) is 0 Å². The fourth-order valence-corrected chi connectivity index (χ4v) is 1.09. The predicted molar refractivity (Wildman–Crippen MR) is 44.0 cm³/mol. The van der Waals surface area contributed by atoms with Crippen LogP contribution in [-0.2, 0) is 11.2 Å². The Kier molecular flexibility index (Phi) is 3.41. The highest BCUT2D eigenvalue weighted by molar-refractivity contribution is 5.57. The van der Waals surface area contributed by atoms with Gasteiger partial charge in [0.05, 0.1) is 6.04 Å². The van der Waals surface area contributed by atoms with Crippen LogP contribution in [0.25, 0.3) is 0 Å². The maximum atomic E-state index is 13.0. The molecule has 0 amide bonds. The molecular formula is C9H7F4NO. The molecule has 15 heavy (non-hydrogen) atoms. The van der Waals surface area contributed by atoms with E-state index in [1.54, 1.807) is 0 Å². The van der Waals surface area contributed by atoms with Gasteiger partial charge in [-0.2, -0.15) is 0 Å².